The van der Waals surface area contributed by atoms with E-state index in [1.807, 2.05) is 67.7 Å². The summed E-state index contributed by atoms with van der Waals surface area (Å²) in [5.74, 6) is 0.652. The Hall–Kier alpha value is -6.53. The van der Waals surface area contributed by atoms with E-state index in [0.29, 0.717) is 5.82 Å². The molecule has 0 unspecified atom stereocenters. The van der Waals surface area contributed by atoms with Gasteiger partial charge in [0.2, 0.25) is 0 Å². The number of benzene rings is 6. The summed E-state index contributed by atoms with van der Waals surface area (Å²) in [6.07, 6.45) is 0. The Balaban J connectivity index is 1.23. The molecule has 0 spiro atoms. The van der Waals surface area contributed by atoms with Crippen LogP contribution >= 0.6 is 0 Å². The molecule has 234 valence electrons. The van der Waals surface area contributed by atoms with Gasteiger partial charge in [-0.1, -0.05) is 109 Å². The summed E-state index contributed by atoms with van der Waals surface area (Å²) >= 11 is 0. The zero-order valence-corrected chi connectivity index (χ0v) is 27.0. The van der Waals surface area contributed by atoms with E-state index in [1.165, 1.54) is 0 Å². The van der Waals surface area contributed by atoms with Crippen LogP contribution in [0.25, 0.3) is 89.1 Å². The Bertz CT molecular complexity index is 2740. The maximum absolute atomic E-state index is 12.5. The molecule has 9 rings (SSSR count). The number of aromatic nitrogens is 4. The molecule has 0 amide bonds. The second-order valence-electron chi connectivity index (χ2n) is 12.4. The second kappa shape index (κ2) is 11.3. The summed E-state index contributed by atoms with van der Waals surface area (Å²) in [4.78, 5) is 22.8. The van der Waals surface area contributed by atoms with E-state index >= 15 is 0 Å². The van der Waals surface area contributed by atoms with Crippen molar-refractivity contribution in [1.82, 2.24) is 19.1 Å². The number of hydrogen-bond donors (Lipinski definition) is 0. The van der Waals surface area contributed by atoms with Crippen molar-refractivity contribution in [3.8, 4) is 56.2 Å². The topological polar surface area (TPSA) is 65.8 Å². The summed E-state index contributed by atoms with van der Waals surface area (Å²) in [5, 5.41) is 2.07. The van der Waals surface area contributed by atoms with E-state index in [2.05, 4.69) is 84.9 Å². The van der Waals surface area contributed by atoms with Gasteiger partial charge in [-0.2, -0.15) is 0 Å². The van der Waals surface area contributed by atoms with Crippen molar-refractivity contribution in [2.45, 2.75) is 0 Å². The van der Waals surface area contributed by atoms with E-state index in [1.54, 1.807) is 16.2 Å². The highest BCUT2D eigenvalue weighted by Gasteiger charge is 2.19. The minimum Gasteiger partial charge on any atom is -0.456 e. The van der Waals surface area contributed by atoms with Gasteiger partial charge in [0.1, 0.15) is 11.2 Å². The number of rotatable bonds is 5. The lowest BCUT2D eigenvalue weighted by atomic mass is 9.96. The predicted molar refractivity (Wildman–Crippen MR) is 198 cm³/mol. The Morgan fingerprint density at radius 2 is 1.10 bits per heavy atom. The molecule has 49 heavy (non-hydrogen) atoms. The predicted octanol–water partition coefficient (Wildman–Crippen LogP) is 9.90. The number of imidazole rings is 1. The van der Waals surface area contributed by atoms with Crippen molar-refractivity contribution in [1.29, 1.82) is 0 Å². The number of hydrogen-bond acceptors (Lipinski definition) is 4. The van der Waals surface area contributed by atoms with Gasteiger partial charge in [-0.05, 0) is 58.7 Å². The van der Waals surface area contributed by atoms with Crippen molar-refractivity contribution < 1.29 is 4.42 Å². The van der Waals surface area contributed by atoms with Crippen LogP contribution in [-0.4, -0.2) is 19.1 Å². The molecular formula is C43H30N4O2. The molecular weight excluding hydrogens is 604 g/mol. The van der Waals surface area contributed by atoms with Crippen LogP contribution in [0.3, 0.4) is 0 Å². The fourth-order valence-corrected chi connectivity index (χ4v) is 6.82. The minimum atomic E-state index is -0.0358. The fraction of sp³-hybridized carbons (Fsp3) is 0.0465. The molecule has 0 atom stereocenters. The molecule has 6 heteroatoms. The van der Waals surface area contributed by atoms with Gasteiger partial charge in [0.25, 0.3) is 0 Å². The highest BCUT2D eigenvalue weighted by Crippen LogP contribution is 2.41. The second-order valence-corrected chi connectivity index (χ2v) is 12.4. The molecule has 0 aliphatic heterocycles. The number of nitrogens with zero attached hydrogens (tertiary/aromatic N) is 4. The van der Waals surface area contributed by atoms with Crippen LogP contribution in [0.5, 0.6) is 0 Å². The number of aryl methyl sites for hydroxylation is 2. The number of fused-ring (bicyclic) bond motifs is 4. The molecule has 6 aromatic carbocycles. The molecule has 0 N–H and O–H groups in total. The standard InChI is InChI=1S/C43H30N4O2/c1-46-37-22-21-31(24-38(37)47(2)43(46)48)28-17-19-29(20-18-28)35-26-36(45-42(44-35)30-13-7-4-8-14-30)34-23-32(27-11-5-3-6-12-27)25-40-41(34)33-15-9-10-16-39(33)49-40/h3-26H,1-2H3. The van der Waals surface area contributed by atoms with E-state index in [4.69, 9.17) is 14.4 Å². The number of para-hydroxylation sites is 1. The van der Waals surface area contributed by atoms with Gasteiger partial charge in [-0.15, -0.1) is 0 Å². The first-order valence-corrected chi connectivity index (χ1v) is 16.2. The Kier molecular flexibility index (Phi) is 6.62. The van der Waals surface area contributed by atoms with Crippen LogP contribution in [-0.2, 0) is 14.1 Å². The zero-order valence-electron chi connectivity index (χ0n) is 27.0. The summed E-state index contributed by atoms with van der Waals surface area (Å²) in [5.41, 5.74) is 12.2. The summed E-state index contributed by atoms with van der Waals surface area (Å²) in [6.45, 7) is 0. The van der Waals surface area contributed by atoms with E-state index in [0.717, 1.165) is 83.3 Å². The van der Waals surface area contributed by atoms with Crippen LogP contribution in [0.2, 0.25) is 0 Å². The molecule has 0 saturated carbocycles. The molecule has 3 aromatic heterocycles. The molecule has 0 bridgehead atoms. The quantitative estimate of drug-likeness (QED) is 0.189. The molecule has 3 heterocycles. The molecule has 0 fully saturated rings. The van der Waals surface area contributed by atoms with Crippen molar-refractivity contribution in [2.75, 3.05) is 0 Å². The Morgan fingerprint density at radius 1 is 0.490 bits per heavy atom. The SMILES string of the molecule is Cn1c(=O)n(C)c2cc(-c3ccc(-c4cc(-c5cc(-c6ccccc6)cc6oc7ccccc7c56)nc(-c5ccccc5)n4)cc3)ccc21. The van der Waals surface area contributed by atoms with Crippen molar-refractivity contribution in [3.05, 3.63) is 156 Å². The molecule has 0 saturated heterocycles. The lowest BCUT2D eigenvalue weighted by Gasteiger charge is -2.12. The van der Waals surface area contributed by atoms with Gasteiger partial charge in [0.15, 0.2) is 5.82 Å². The average Bonchev–Trinajstić information content (AvgIpc) is 3.65. The smallest absolute Gasteiger partial charge is 0.328 e. The lowest BCUT2D eigenvalue weighted by Crippen LogP contribution is -2.19. The first-order valence-electron chi connectivity index (χ1n) is 16.2. The Morgan fingerprint density at radius 3 is 1.88 bits per heavy atom. The maximum Gasteiger partial charge on any atom is 0.328 e. The lowest BCUT2D eigenvalue weighted by molar-refractivity contribution is 0.669. The highest BCUT2D eigenvalue weighted by atomic mass is 16.3. The normalized spacial score (nSPS) is 11.6. The highest BCUT2D eigenvalue weighted by molar-refractivity contribution is 6.13. The van der Waals surface area contributed by atoms with Crippen molar-refractivity contribution in [2.24, 2.45) is 14.1 Å². The number of furan rings is 1. The maximum atomic E-state index is 12.5. The van der Waals surface area contributed by atoms with Crippen LogP contribution in [0.1, 0.15) is 0 Å². The molecule has 0 aliphatic rings. The van der Waals surface area contributed by atoms with E-state index < -0.39 is 0 Å². The van der Waals surface area contributed by atoms with Crippen LogP contribution in [0.15, 0.2) is 155 Å². The van der Waals surface area contributed by atoms with Crippen LogP contribution < -0.4 is 5.69 Å². The third kappa shape index (κ3) is 4.85. The first-order chi connectivity index (χ1) is 24.0. The van der Waals surface area contributed by atoms with Crippen molar-refractivity contribution >= 4 is 33.0 Å². The third-order valence-electron chi connectivity index (χ3n) is 9.41. The molecule has 0 aliphatic carbocycles. The zero-order chi connectivity index (χ0) is 33.1. The summed E-state index contributed by atoms with van der Waals surface area (Å²) < 4.78 is 9.80. The van der Waals surface area contributed by atoms with E-state index in [9.17, 15) is 4.79 Å². The van der Waals surface area contributed by atoms with E-state index in [-0.39, 0.29) is 5.69 Å². The Labute approximate surface area is 282 Å². The van der Waals surface area contributed by atoms with Gasteiger partial charge in [-0.3, -0.25) is 9.13 Å². The molecule has 9 aromatic rings. The van der Waals surface area contributed by atoms with Crippen LogP contribution in [0.4, 0.5) is 0 Å². The van der Waals surface area contributed by atoms with Gasteiger partial charge in [-0.25, -0.2) is 14.8 Å². The third-order valence-corrected chi connectivity index (χ3v) is 9.41. The average molecular weight is 635 g/mol. The van der Waals surface area contributed by atoms with Gasteiger partial charge in [0, 0.05) is 41.6 Å². The molecule has 0 radical (unpaired) electrons. The minimum absolute atomic E-state index is 0.0358. The van der Waals surface area contributed by atoms with Gasteiger partial charge in [0.05, 0.1) is 22.4 Å². The van der Waals surface area contributed by atoms with Gasteiger partial charge < -0.3 is 4.42 Å². The largest absolute Gasteiger partial charge is 0.456 e. The van der Waals surface area contributed by atoms with Crippen LogP contribution in [0, 0.1) is 0 Å². The van der Waals surface area contributed by atoms with Gasteiger partial charge >= 0.3 is 5.69 Å². The monoisotopic (exact) mass is 634 g/mol. The van der Waals surface area contributed by atoms with Crippen molar-refractivity contribution in [3.63, 3.8) is 0 Å². The fourth-order valence-electron chi connectivity index (χ4n) is 6.82. The summed E-state index contributed by atoms with van der Waals surface area (Å²) in [6, 6.07) is 49.6. The summed E-state index contributed by atoms with van der Waals surface area (Å²) in [7, 11) is 3.61. The molecule has 6 nitrogen and oxygen atoms in total. The first kappa shape index (κ1) is 28.7.